The summed E-state index contributed by atoms with van der Waals surface area (Å²) in [6.45, 7) is 4.85. The molecule has 1 amide bonds. The lowest BCUT2D eigenvalue weighted by Gasteiger charge is -2.39. The zero-order valence-electron chi connectivity index (χ0n) is 17.8. The first kappa shape index (κ1) is 20.0. The molecule has 2 aliphatic rings. The molecule has 1 spiro atoms. The van der Waals surface area contributed by atoms with Gasteiger partial charge in [-0.1, -0.05) is 42.0 Å². The van der Waals surface area contributed by atoms with Gasteiger partial charge in [-0.15, -0.1) is 0 Å². The van der Waals surface area contributed by atoms with Crippen molar-refractivity contribution in [2.45, 2.75) is 44.4 Å². The number of hydrogen-bond acceptors (Lipinski definition) is 4. The monoisotopic (exact) mass is 416 g/mol. The number of para-hydroxylation sites is 1. The van der Waals surface area contributed by atoms with Crippen molar-refractivity contribution in [3.05, 3.63) is 83.2 Å². The van der Waals surface area contributed by atoms with Crippen LogP contribution in [0.3, 0.4) is 0 Å². The third-order valence-corrected chi connectivity index (χ3v) is 6.53. The Morgan fingerprint density at radius 3 is 2.71 bits per heavy atom. The van der Waals surface area contributed by atoms with E-state index >= 15 is 0 Å². The fourth-order valence-electron chi connectivity index (χ4n) is 4.96. The molecule has 160 valence electrons. The van der Waals surface area contributed by atoms with E-state index in [1.165, 1.54) is 16.7 Å². The summed E-state index contributed by atoms with van der Waals surface area (Å²) in [5.74, 6) is -0.318. The normalized spacial score (nSPS) is 20.1. The molecule has 0 aliphatic carbocycles. The standard InChI is InChI=1S/C25H28N4O2/c1-18-7-8-21-22(13-18)25(31-23(21)14-24(26)30)9-11-28(12-10-25)16-19-15-27-29(17-19)20-5-3-2-4-6-20/h2-8,13,15,17,23H,9-12,14,16H2,1H3,(H2,26,30). The number of ether oxygens (including phenoxy) is 1. The Kier molecular flexibility index (Phi) is 5.12. The molecule has 0 radical (unpaired) electrons. The SMILES string of the molecule is Cc1ccc2c(c1)C1(CCN(Cc3cnn(-c4ccccc4)c3)CC1)OC2CC(N)=O. The summed E-state index contributed by atoms with van der Waals surface area (Å²) < 4.78 is 8.47. The number of rotatable bonds is 5. The van der Waals surface area contributed by atoms with E-state index in [-0.39, 0.29) is 24.0 Å². The Labute approximate surface area is 182 Å². The molecule has 1 atom stereocenters. The van der Waals surface area contributed by atoms with Crippen molar-refractivity contribution in [3.8, 4) is 5.69 Å². The Morgan fingerprint density at radius 1 is 1.19 bits per heavy atom. The van der Waals surface area contributed by atoms with E-state index in [4.69, 9.17) is 10.5 Å². The number of nitrogens with zero attached hydrogens (tertiary/aromatic N) is 3. The van der Waals surface area contributed by atoms with Crippen LogP contribution in [-0.4, -0.2) is 33.7 Å². The highest BCUT2D eigenvalue weighted by Crippen LogP contribution is 2.50. The summed E-state index contributed by atoms with van der Waals surface area (Å²) in [5, 5.41) is 4.52. The molecule has 2 aliphatic heterocycles. The van der Waals surface area contributed by atoms with Gasteiger partial charge in [0.25, 0.3) is 0 Å². The van der Waals surface area contributed by atoms with Crippen LogP contribution in [0.2, 0.25) is 0 Å². The minimum atomic E-state index is -0.318. The molecule has 1 unspecified atom stereocenters. The minimum absolute atomic E-state index is 0.233. The number of carbonyl (C=O) groups excluding carboxylic acids is 1. The Balaban J connectivity index is 1.29. The third-order valence-electron chi connectivity index (χ3n) is 6.53. The van der Waals surface area contributed by atoms with Crippen LogP contribution in [0.5, 0.6) is 0 Å². The second-order valence-electron chi connectivity index (χ2n) is 8.77. The average Bonchev–Trinajstić information content (AvgIpc) is 3.34. The molecule has 3 aromatic rings. The Hall–Kier alpha value is -2.96. The quantitative estimate of drug-likeness (QED) is 0.689. The molecule has 2 N–H and O–H groups in total. The number of fused-ring (bicyclic) bond motifs is 2. The van der Waals surface area contributed by atoms with E-state index in [1.54, 1.807) is 0 Å². The zero-order chi connectivity index (χ0) is 21.4. The first-order chi connectivity index (χ1) is 15.0. The van der Waals surface area contributed by atoms with Gasteiger partial charge in [0.1, 0.15) is 0 Å². The van der Waals surface area contributed by atoms with Crippen LogP contribution in [0.15, 0.2) is 60.9 Å². The highest BCUT2D eigenvalue weighted by atomic mass is 16.5. The van der Waals surface area contributed by atoms with E-state index in [0.29, 0.717) is 0 Å². The van der Waals surface area contributed by atoms with E-state index in [2.05, 4.69) is 53.5 Å². The molecule has 1 saturated heterocycles. The average molecular weight is 417 g/mol. The van der Waals surface area contributed by atoms with Gasteiger partial charge in [-0.25, -0.2) is 4.68 Å². The van der Waals surface area contributed by atoms with E-state index in [0.717, 1.165) is 43.7 Å². The number of piperidine rings is 1. The number of primary amides is 1. The maximum absolute atomic E-state index is 11.6. The maximum Gasteiger partial charge on any atom is 0.220 e. The fraction of sp³-hybridized carbons (Fsp3) is 0.360. The first-order valence-corrected chi connectivity index (χ1v) is 10.9. The zero-order valence-corrected chi connectivity index (χ0v) is 17.8. The van der Waals surface area contributed by atoms with Crippen molar-refractivity contribution in [3.63, 3.8) is 0 Å². The number of benzene rings is 2. The summed E-state index contributed by atoms with van der Waals surface area (Å²) >= 11 is 0. The minimum Gasteiger partial charge on any atom is -0.370 e. The number of aromatic nitrogens is 2. The van der Waals surface area contributed by atoms with Crippen molar-refractivity contribution in [1.29, 1.82) is 0 Å². The van der Waals surface area contributed by atoms with Gasteiger partial charge in [0.15, 0.2) is 0 Å². The second kappa shape index (κ2) is 7.94. The lowest BCUT2D eigenvalue weighted by Crippen LogP contribution is -2.42. The van der Waals surface area contributed by atoms with Crippen LogP contribution in [0.25, 0.3) is 5.69 Å². The molecule has 6 heteroatoms. The Morgan fingerprint density at radius 2 is 1.97 bits per heavy atom. The first-order valence-electron chi connectivity index (χ1n) is 10.9. The molecule has 5 rings (SSSR count). The number of aryl methyl sites for hydroxylation is 1. The summed E-state index contributed by atoms with van der Waals surface area (Å²) in [6.07, 6.45) is 5.87. The second-order valence-corrected chi connectivity index (χ2v) is 8.77. The Bertz CT molecular complexity index is 1080. The van der Waals surface area contributed by atoms with Crippen LogP contribution in [-0.2, 0) is 21.7 Å². The number of likely N-dealkylation sites (tertiary alicyclic amines) is 1. The van der Waals surface area contributed by atoms with Gasteiger partial charge in [0.05, 0.1) is 30.0 Å². The van der Waals surface area contributed by atoms with Crippen molar-refractivity contribution in [2.75, 3.05) is 13.1 Å². The van der Waals surface area contributed by atoms with Gasteiger partial charge in [-0.05, 0) is 43.0 Å². The summed E-state index contributed by atoms with van der Waals surface area (Å²) in [6, 6.07) is 16.6. The molecular weight excluding hydrogens is 388 g/mol. The maximum atomic E-state index is 11.6. The fourth-order valence-corrected chi connectivity index (χ4v) is 4.96. The molecule has 2 aromatic carbocycles. The van der Waals surface area contributed by atoms with Crippen molar-refractivity contribution >= 4 is 5.91 Å². The lowest BCUT2D eigenvalue weighted by molar-refractivity contribution is -0.132. The number of hydrogen-bond donors (Lipinski definition) is 1. The van der Waals surface area contributed by atoms with Gasteiger partial charge in [0.2, 0.25) is 5.91 Å². The summed E-state index contributed by atoms with van der Waals surface area (Å²) in [4.78, 5) is 14.0. The van der Waals surface area contributed by atoms with Crippen molar-refractivity contribution < 1.29 is 9.53 Å². The van der Waals surface area contributed by atoms with E-state index < -0.39 is 0 Å². The predicted molar refractivity (Wildman–Crippen MR) is 119 cm³/mol. The number of amides is 1. The molecule has 3 heterocycles. The molecule has 6 nitrogen and oxygen atoms in total. The van der Waals surface area contributed by atoms with Gasteiger partial charge < -0.3 is 10.5 Å². The number of nitrogens with two attached hydrogens (primary N) is 1. The number of carbonyl (C=O) groups is 1. The summed E-state index contributed by atoms with van der Waals surface area (Å²) in [5.41, 5.74) is 11.0. The molecular formula is C25H28N4O2. The van der Waals surface area contributed by atoms with Gasteiger partial charge >= 0.3 is 0 Å². The summed E-state index contributed by atoms with van der Waals surface area (Å²) in [7, 11) is 0. The molecule has 0 saturated carbocycles. The third kappa shape index (κ3) is 3.89. The van der Waals surface area contributed by atoms with Crippen molar-refractivity contribution in [1.82, 2.24) is 14.7 Å². The van der Waals surface area contributed by atoms with Crippen LogP contribution in [0.4, 0.5) is 0 Å². The van der Waals surface area contributed by atoms with Crippen LogP contribution >= 0.6 is 0 Å². The van der Waals surface area contributed by atoms with Crippen LogP contribution in [0, 0.1) is 6.92 Å². The van der Waals surface area contributed by atoms with Crippen molar-refractivity contribution in [2.24, 2.45) is 5.73 Å². The van der Waals surface area contributed by atoms with E-state index in [9.17, 15) is 4.79 Å². The van der Waals surface area contributed by atoms with Gasteiger partial charge in [-0.2, -0.15) is 5.10 Å². The van der Waals surface area contributed by atoms with Gasteiger partial charge in [-0.3, -0.25) is 9.69 Å². The smallest absolute Gasteiger partial charge is 0.220 e. The molecule has 0 bridgehead atoms. The highest BCUT2D eigenvalue weighted by Gasteiger charge is 2.46. The predicted octanol–water partition coefficient (Wildman–Crippen LogP) is 3.62. The topological polar surface area (TPSA) is 73.4 Å². The molecule has 1 fully saturated rings. The largest absolute Gasteiger partial charge is 0.370 e. The molecule has 1 aromatic heterocycles. The van der Waals surface area contributed by atoms with Crippen LogP contribution in [0.1, 0.15) is 47.6 Å². The molecule has 31 heavy (non-hydrogen) atoms. The highest BCUT2D eigenvalue weighted by molar-refractivity contribution is 5.74. The lowest BCUT2D eigenvalue weighted by atomic mass is 9.82. The van der Waals surface area contributed by atoms with Crippen LogP contribution < -0.4 is 5.73 Å². The van der Waals surface area contributed by atoms with Gasteiger partial charge in [0, 0.05) is 31.4 Å². The van der Waals surface area contributed by atoms with E-state index in [1.807, 2.05) is 29.1 Å².